The summed E-state index contributed by atoms with van der Waals surface area (Å²) in [4.78, 5) is 36.2. The number of aryl methyl sites for hydroxylation is 1. The Morgan fingerprint density at radius 2 is 1.71 bits per heavy atom. The van der Waals surface area contributed by atoms with Crippen LogP contribution < -0.4 is 25.5 Å². The van der Waals surface area contributed by atoms with Crippen LogP contribution in [0.2, 0.25) is 5.02 Å². The number of nitrogens with zero attached hydrogens (tertiary/aromatic N) is 1. The van der Waals surface area contributed by atoms with Gasteiger partial charge >= 0.3 is 11.8 Å². The van der Waals surface area contributed by atoms with Gasteiger partial charge in [-0.2, -0.15) is 5.10 Å². The smallest absolute Gasteiger partial charge is 0.329 e. The summed E-state index contributed by atoms with van der Waals surface area (Å²) < 4.78 is 10.6. The Bertz CT molecular complexity index is 1240. The summed E-state index contributed by atoms with van der Waals surface area (Å²) in [6.45, 7) is 1.64. The maximum absolute atomic E-state index is 12.2. The van der Waals surface area contributed by atoms with Crippen molar-refractivity contribution in [2.75, 3.05) is 24.4 Å². The minimum atomic E-state index is -0.933. The first kappa shape index (κ1) is 25.3. The van der Waals surface area contributed by atoms with E-state index in [1.807, 2.05) is 13.0 Å². The van der Waals surface area contributed by atoms with E-state index in [1.54, 1.807) is 60.7 Å². The molecule has 3 N–H and O–H groups in total. The number of halogens is 1. The van der Waals surface area contributed by atoms with Gasteiger partial charge in [0.25, 0.3) is 5.91 Å². The van der Waals surface area contributed by atoms with E-state index in [4.69, 9.17) is 21.1 Å². The molecule has 0 saturated heterocycles. The number of anilines is 2. The highest BCUT2D eigenvalue weighted by Crippen LogP contribution is 2.20. The minimum absolute atomic E-state index is 0.213. The Kier molecular flexibility index (Phi) is 8.80. The van der Waals surface area contributed by atoms with E-state index in [2.05, 4.69) is 21.2 Å². The number of methoxy groups -OCH3 is 1. The van der Waals surface area contributed by atoms with Gasteiger partial charge in [-0.1, -0.05) is 29.8 Å². The average molecular weight is 495 g/mol. The van der Waals surface area contributed by atoms with Crippen LogP contribution in [0.1, 0.15) is 11.1 Å². The van der Waals surface area contributed by atoms with Crippen LogP contribution in [0.15, 0.2) is 71.8 Å². The van der Waals surface area contributed by atoms with E-state index < -0.39 is 11.8 Å². The van der Waals surface area contributed by atoms with Gasteiger partial charge in [0.1, 0.15) is 11.5 Å². The van der Waals surface area contributed by atoms with Gasteiger partial charge < -0.3 is 20.1 Å². The molecule has 0 spiro atoms. The number of rotatable bonds is 8. The number of carbonyl (C=O) groups excluding carboxylic acids is 3. The minimum Gasteiger partial charge on any atom is -0.497 e. The summed E-state index contributed by atoms with van der Waals surface area (Å²) >= 11 is 5.97. The predicted octanol–water partition coefficient (Wildman–Crippen LogP) is 3.76. The van der Waals surface area contributed by atoms with Crippen LogP contribution in [-0.2, 0) is 14.4 Å². The van der Waals surface area contributed by atoms with Gasteiger partial charge in [-0.05, 0) is 66.6 Å². The topological polar surface area (TPSA) is 118 Å². The Balaban J connectivity index is 1.48. The maximum atomic E-state index is 12.2. The predicted molar refractivity (Wildman–Crippen MR) is 134 cm³/mol. The normalized spacial score (nSPS) is 10.5. The fraction of sp³-hybridized carbons (Fsp3) is 0.120. The maximum Gasteiger partial charge on any atom is 0.329 e. The molecule has 3 aromatic carbocycles. The highest BCUT2D eigenvalue weighted by Gasteiger charge is 2.13. The van der Waals surface area contributed by atoms with Gasteiger partial charge in [0.15, 0.2) is 6.61 Å². The molecule has 9 nitrogen and oxygen atoms in total. The number of amides is 3. The third kappa shape index (κ3) is 7.86. The number of ether oxygens (including phenoxy) is 2. The number of hydrazone groups is 1. The largest absolute Gasteiger partial charge is 0.497 e. The molecule has 0 atom stereocenters. The molecular weight excluding hydrogens is 472 g/mol. The van der Waals surface area contributed by atoms with Crippen molar-refractivity contribution in [1.29, 1.82) is 0 Å². The second-order valence-electron chi connectivity index (χ2n) is 7.25. The highest BCUT2D eigenvalue weighted by atomic mass is 35.5. The summed E-state index contributed by atoms with van der Waals surface area (Å²) in [6.07, 6.45) is 1.35. The monoisotopic (exact) mass is 494 g/mol. The van der Waals surface area contributed by atoms with Crippen LogP contribution >= 0.6 is 11.6 Å². The van der Waals surface area contributed by atoms with Crippen LogP contribution in [0.25, 0.3) is 0 Å². The molecule has 0 saturated carbocycles. The molecule has 0 radical (unpaired) electrons. The second-order valence-corrected chi connectivity index (χ2v) is 7.69. The molecule has 0 fully saturated rings. The second kappa shape index (κ2) is 12.2. The van der Waals surface area contributed by atoms with Crippen molar-refractivity contribution >= 4 is 46.9 Å². The lowest BCUT2D eigenvalue weighted by molar-refractivity contribution is -0.136. The summed E-state index contributed by atoms with van der Waals surface area (Å²) in [5.41, 5.74) is 4.67. The first-order valence-corrected chi connectivity index (χ1v) is 10.8. The van der Waals surface area contributed by atoms with Gasteiger partial charge in [0.05, 0.1) is 13.3 Å². The van der Waals surface area contributed by atoms with E-state index in [9.17, 15) is 14.4 Å². The lowest BCUT2D eigenvalue weighted by Gasteiger charge is -2.10. The molecule has 35 heavy (non-hydrogen) atoms. The highest BCUT2D eigenvalue weighted by molar-refractivity contribution is 6.39. The van der Waals surface area contributed by atoms with Crippen molar-refractivity contribution in [2.24, 2.45) is 5.10 Å². The summed E-state index contributed by atoms with van der Waals surface area (Å²) in [5.74, 6) is -1.09. The summed E-state index contributed by atoms with van der Waals surface area (Å²) in [7, 11) is 1.53. The lowest BCUT2D eigenvalue weighted by atomic mass is 10.2. The van der Waals surface area contributed by atoms with E-state index >= 15 is 0 Å². The van der Waals surface area contributed by atoms with Crippen LogP contribution in [0.4, 0.5) is 11.4 Å². The van der Waals surface area contributed by atoms with Gasteiger partial charge in [0.2, 0.25) is 0 Å². The van der Waals surface area contributed by atoms with Crippen molar-refractivity contribution in [2.45, 2.75) is 6.92 Å². The molecule has 3 amide bonds. The zero-order valence-corrected chi connectivity index (χ0v) is 19.8. The lowest BCUT2D eigenvalue weighted by Crippen LogP contribution is -2.32. The van der Waals surface area contributed by atoms with Crippen LogP contribution in [0.3, 0.4) is 0 Å². The number of benzene rings is 3. The fourth-order valence-electron chi connectivity index (χ4n) is 2.83. The quantitative estimate of drug-likeness (QED) is 0.250. The van der Waals surface area contributed by atoms with Gasteiger partial charge in [0, 0.05) is 16.4 Å². The van der Waals surface area contributed by atoms with Crippen molar-refractivity contribution in [3.05, 3.63) is 82.9 Å². The Hall–Kier alpha value is -4.37. The Morgan fingerprint density at radius 1 is 0.943 bits per heavy atom. The third-order valence-corrected chi connectivity index (χ3v) is 4.87. The zero-order valence-electron chi connectivity index (χ0n) is 19.0. The molecule has 0 bridgehead atoms. The van der Waals surface area contributed by atoms with Gasteiger partial charge in [-0.3, -0.25) is 14.4 Å². The van der Waals surface area contributed by atoms with Crippen molar-refractivity contribution in [3.8, 4) is 11.5 Å². The molecule has 3 rings (SSSR count). The number of hydrogen-bond acceptors (Lipinski definition) is 6. The molecule has 0 aliphatic heterocycles. The summed E-state index contributed by atoms with van der Waals surface area (Å²) in [6, 6.07) is 18.5. The number of hydrogen-bond donors (Lipinski definition) is 3. The molecule has 0 aliphatic carbocycles. The van der Waals surface area contributed by atoms with Crippen molar-refractivity contribution in [1.82, 2.24) is 5.43 Å². The average Bonchev–Trinajstić information content (AvgIpc) is 2.85. The molecular formula is C25H23ClN4O5. The number of carbonyl (C=O) groups is 3. The molecule has 3 aromatic rings. The van der Waals surface area contributed by atoms with Gasteiger partial charge in [-0.15, -0.1) is 0 Å². The van der Waals surface area contributed by atoms with E-state index in [1.165, 1.54) is 13.3 Å². The summed E-state index contributed by atoms with van der Waals surface area (Å²) in [5, 5.41) is 9.51. The fourth-order valence-corrected chi connectivity index (χ4v) is 3.00. The molecule has 0 aliphatic rings. The molecule has 180 valence electrons. The first-order chi connectivity index (χ1) is 16.8. The van der Waals surface area contributed by atoms with Crippen molar-refractivity contribution < 1.29 is 23.9 Å². The van der Waals surface area contributed by atoms with Crippen molar-refractivity contribution in [3.63, 3.8) is 0 Å². The van der Waals surface area contributed by atoms with Crippen LogP contribution in [-0.4, -0.2) is 37.7 Å². The van der Waals surface area contributed by atoms with Crippen LogP contribution in [0, 0.1) is 6.92 Å². The van der Waals surface area contributed by atoms with E-state index in [0.29, 0.717) is 33.5 Å². The van der Waals surface area contributed by atoms with Gasteiger partial charge in [-0.25, -0.2) is 5.43 Å². The van der Waals surface area contributed by atoms with E-state index in [0.717, 1.165) is 5.56 Å². The molecule has 0 aromatic heterocycles. The molecule has 10 heteroatoms. The standard InChI is InChI=1S/C25H23ClN4O5/c1-16-6-7-18(26)13-22(16)29-23(31)15-35-21-5-3-4-17(12-21)14-27-30-25(33)24(32)28-19-8-10-20(34-2)11-9-19/h3-14H,15H2,1-2H3,(H,28,32)(H,29,31)(H,30,33)/b27-14-. The number of nitrogens with one attached hydrogen (secondary N) is 3. The zero-order chi connectivity index (χ0) is 25.2. The molecule has 0 unspecified atom stereocenters. The molecule has 0 heterocycles. The van der Waals surface area contributed by atoms with E-state index in [-0.39, 0.29) is 12.5 Å². The third-order valence-electron chi connectivity index (χ3n) is 4.64. The SMILES string of the molecule is COc1ccc(NC(=O)C(=O)N/N=C\c2cccc(OCC(=O)Nc3cc(Cl)ccc3C)c2)cc1. The van der Waals surface area contributed by atoms with Crippen LogP contribution in [0.5, 0.6) is 11.5 Å². The first-order valence-electron chi connectivity index (χ1n) is 10.4. The Labute approximate surface area is 207 Å². The Morgan fingerprint density at radius 3 is 2.46 bits per heavy atom.